The molecule has 2 aromatic rings. The van der Waals surface area contributed by atoms with Crippen LogP contribution in [0.3, 0.4) is 0 Å². The van der Waals surface area contributed by atoms with Crippen molar-refractivity contribution in [3.05, 3.63) is 52.4 Å². The third kappa shape index (κ3) is 3.01. The molecule has 1 aromatic carbocycles. The van der Waals surface area contributed by atoms with Crippen LogP contribution in [0.15, 0.2) is 41.0 Å². The predicted molar refractivity (Wildman–Crippen MR) is 64.3 cm³/mol. The van der Waals surface area contributed by atoms with Crippen molar-refractivity contribution in [1.82, 2.24) is 4.98 Å². The van der Waals surface area contributed by atoms with Gasteiger partial charge in [0.2, 0.25) is 5.88 Å². The van der Waals surface area contributed by atoms with Crippen LogP contribution in [0.5, 0.6) is 11.6 Å². The molecule has 0 unspecified atom stereocenters. The number of hydrogen-bond acceptors (Lipinski definition) is 3. The smallest absolute Gasteiger partial charge is 0.219 e. The lowest BCUT2D eigenvalue weighted by molar-refractivity contribution is 0.281. The Bertz CT molecular complexity index is 516. The third-order valence-electron chi connectivity index (χ3n) is 2.09. The molecule has 0 bridgehead atoms. The first-order valence-electron chi connectivity index (χ1n) is 4.88. The highest BCUT2D eigenvalue weighted by Gasteiger charge is 2.04. The van der Waals surface area contributed by atoms with Gasteiger partial charge in [-0.3, -0.25) is 0 Å². The number of pyridine rings is 1. The molecule has 0 saturated carbocycles. The maximum atomic E-state index is 12.9. The first kappa shape index (κ1) is 12.0. The molecule has 0 fully saturated rings. The monoisotopic (exact) mass is 297 g/mol. The highest BCUT2D eigenvalue weighted by atomic mass is 79.9. The Morgan fingerprint density at radius 2 is 2.12 bits per heavy atom. The van der Waals surface area contributed by atoms with Gasteiger partial charge in [0.1, 0.15) is 11.6 Å². The van der Waals surface area contributed by atoms with E-state index in [0.29, 0.717) is 21.7 Å². The fourth-order valence-electron chi connectivity index (χ4n) is 1.24. The highest BCUT2D eigenvalue weighted by molar-refractivity contribution is 9.10. The molecule has 88 valence electrons. The molecule has 0 radical (unpaired) electrons. The van der Waals surface area contributed by atoms with Crippen LogP contribution in [0, 0.1) is 5.82 Å². The van der Waals surface area contributed by atoms with Crippen molar-refractivity contribution >= 4 is 15.9 Å². The Balaban J connectivity index is 2.19. The van der Waals surface area contributed by atoms with E-state index in [1.165, 1.54) is 24.4 Å². The molecule has 0 saturated heterocycles. The fraction of sp³-hybridized carbons (Fsp3) is 0.0833. The van der Waals surface area contributed by atoms with Gasteiger partial charge in [-0.05, 0) is 45.8 Å². The van der Waals surface area contributed by atoms with Crippen LogP contribution in [0.1, 0.15) is 5.56 Å². The van der Waals surface area contributed by atoms with Crippen molar-refractivity contribution in [2.75, 3.05) is 0 Å². The van der Waals surface area contributed by atoms with Crippen LogP contribution in [-0.4, -0.2) is 10.1 Å². The topological polar surface area (TPSA) is 42.4 Å². The van der Waals surface area contributed by atoms with Gasteiger partial charge in [-0.25, -0.2) is 9.37 Å². The lowest BCUT2D eigenvalue weighted by Crippen LogP contribution is -1.91. The van der Waals surface area contributed by atoms with Gasteiger partial charge < -0.3 is 9.84 Å². The number of rotatable bonds is 3. The summed E-state index contributed by atoms with van der Waals surface area (Å²) in [6, 6.07) is 7.49. The summed E-state index contributed by atoms with van der Waals surface area (Å²) in [5.74, 6) is 0.526. The van der Waals surface area contributed by atoms with E-state index in [4.69, 9.17) is 9.84 Å². The fourth-order valence-corrected chi connectivity index (χ4v) is 1.67. The maximum Gasteiger partial charge on any atom is 0.219 e. The van der Waals surface area contributed by atoms with E-state index in [1.807, 2.05) is 0 Å². The molecule has 17 heavy (non-hydrogen) atoms. The molecule has 1 aromatic heterocycles. The number of halogens is 2. The van der Waals surface area contributed by atoms with Crippen LogP contribution < -0.4 is 4.74 Å². The van der Waals surface area contributed by atoms with Gasteiger partial charge in [-0.2, -0.15) is 0 Å². The summed E-state index contributed by atoms with van der Waals surface area (Å²) < 4.78 is 18.8. The van der Waals surface area contributed by atoms with Gasteiger partial charge in [0.25, 0.3) is 0 Å². The molecule has 0 atom stereocenters. The minimum absolute atomic E-state index is 0.0620. The Hall–Kier alpha value is -1.46. The lowest BCUT2D eigenvalue weighted by atomic mass is 10.3. The zero-order valence-electron chi connectivity index (χ0n) is 8.73. The van der Waals surface area contributed by atoms with E-state index in [-0.39, 0.29) is 12.4 Å². The third-order valence-corrected chi connectivity index (χ3v) is 2.71. The molecule has 3 nitrogen and oxygen atoms in total. The van der Waals surface area contributed by atoms with Gasteiger partial charge in [0, 0.05) is 12.3 Å². The highest BCUT2D eigenvalue weighted by Crippen LogP contribution is 2.29. The number of aliphatic hydroxyl groups excluding tert-OH is 1. The molecule has 0 spiro atoms. The molecule has 0 aliphatic rings. The zero-order valence-corrected chi connectivity index (χ0v) is 10.3. The summed E-state index contributed by atoms with van der Waals surface area (Å²) in [5.41, 5.74) is 0.704. The normalized spacial score (nSPS) is 10.3. The minimum atomic E-state index is -0.340. The second kappa shape index (κ2) is 5.25. The Morgan fingerprint density at radius 1 is 1.29 bits per heavy atom. The van der Waals surface area contributed by atoms with E-state index in [1.54, 1.807) is 12.1 Å². The number of benzene rings is 1. The quantitative estimate of drug-likeness (QED) is 0.945. The second-order valence-electron chi connectivity index (χ2n) is 3.34. The van der Waals surface area contributed by atoms with Crippen LogP contribution in [0.2, 0.25) is 0 Å². The number of hydrogen-bond donors (Lipinski definition) is 1. The summed E-state index contributed by atoms with van der Waals surface area (Å²) in [7, 11) is 0. The average molecular weight is 298 g/mol. The molecule has 0 amide bonds. The lowest BCUT2D eigenvalue weighted by Gasteiger charge is -2.06. The minimum Gasteiger partial charge on any atom is -0.438 e. The first-order valence-corrected chi connectivity index (χ1v) is 5.67. The Kier molecular flexibility index (Phi) is 3.71. The van der Waals surface area contributed by atoms with Crippen molar-refractivity contribution < 1.29 is 14.2 Å². The average Bonchev–Trinajstić information content (AvgIpc) is 2.34. The number of ether oxygens (including phenoxy) is 1. The summed E-state index contributed by atoms with van der Waals surface area (Å²) in [6.07, 6.45) is 1.52. The molecule has 2 rings (SSSR count). The van der Waals surface area contributed by atoms with E-state index >= 15 is 0 Å². The summed E-state index contributed by atoms with van der Waals surface area (Å²) >= 11 is 3.20. The standard InChI is InChI=1S/C12H9BrFNO2/c13-10-5-9(14)2-3-11(10)17-12-4-1-8(7-16)6-15-12/h1-6,16H,7H2. The van der Waals surface area contributed by atoms with Crippen molar-refractivity contribution in [3.8, 4) is 11.6 Å². The number of aliphatic hydroxyl groups is 1. The Labute approximate surface area is 106 Å². The summed E-state index contributed by atoms with van der Waals surface area (Å²) in [5, 5.41) is 8.86. The molecule has 0 aliphatic carbocycles. The van der Waals surface area contributed by atoms with Gasteiger partial charge in [-0.15, -0.1) is 0 Å². The molecular weight excluding hydrogens is 289 g/mol. The van der Waals surface area contributed by atoms with Crippen molar-refractivity contribution in [1.29, 1.82) is 0 Å². The van der Waals surface area contributed by atoms with Crippen LogP contribution >= 0.6 is 15.9 Å². The summed E-state index contributed by atoms with van der Waals surface area (Å²) in [6.45, 7) is -0.0620. The summed E-state index contributed by atoms with van der Waals surface area (Å²) in [4.78, 5) is 4.01. The van der Waals surface area contributed by atoms with Gasteiger partial charge in [-0.1, -0.05) is 0 Å². The second-order valence-corrected chi connectivity index (χ2v) is 4.19. The van der Waals surface area contributed by atoms with Crippen LogP contribution in [0.25, 0.3) is 0 Å². The van der Waals surface area contributed by atoms with Crippen molar-refractivity contribution in [2.24, 2.45) is 0 Å². The first-order chi connectivity index (χ1) is 8.19. The molecule has 5 heteroatoms. The van der Waals surface area contributed by atoms with E-state index in [0.717, 1.165) is 0 Å². The SMILES string of the molecule is OCc1ccc(Oc2ccc(F)cc2Br)nc1. The van der Waals surface area contributed by atoms with Crippen molar-refractivity contribution in [2.45, 2.75) is 6.61 Å². The van der Waals surface area contributed by atoms with E-state index < -0.39 is 0 Å². The Morgan fingerprint density at radius 3 is 2.71 bits per heavy atom. The maximum absolute atomic E-state index is 12.9. The number of nitrogens with zero attached hydrogens (tertiary/aromatic N) is 1. The van der Waals surface area contributed by atoms with Gasteiger partial charge in [0.05, 0.1) is 11.1 Å². The van der Waals surface area contributed by atoms with Crippen molar-refractivity contribution in [3.63, 3.8) is 0 Å². The molecule has 0 aliphatic heterocycles. The van der Waals surface area contributed by atoms with Crippen LogP contribution in [0.4, 0.5) is 4.39 Å². The van der Waals surface area contributed by atoms with E-state index in [2.05, 4.69) is 20.9 Å². The van der Waals surface area contributed by atoms with E-state index in [9.17, 15) is 4.39 Å². The predicted octanol–water partition coefficient (Wildman–Crippen LogP) is 3.27. The van der Waals surface area contributed by atoms with Crippen LogP contribution in [-0.2, 0) is 6.61 Å². The largest absolute Gasteiger partial charge is 0.438 e. The van der Waals surface area contributed by atoms with Gasteiger partial charge in [0.15, 0.2) is 0 Å². The molecule has 1 N–H and O–H groups in total. The molecular formula is C12H9BrFNO2. The molecule has 1 heterocycles. The zero-order chi connectivity index (χ0) is 12.3. The van der Waals surface area contributed by atoms with Gasteiger partial charge >= 0.3 is 0 Å². The number of aromatic nitrogens is 1.